The van der Waals surface area contributed by atoms with Crippen molar-refractivity contribution in [2.24, 2.45) is 0 Å². The molecular weight excluding hydrogens is 244 g/mol. The Morgan fingerprint density at radius 1 is 1.44 bits per heavy atom. The van der Waals surface area contributed by atoms with Gasteiger partial charge < -0.3 is 10.1 Å². The average Bonchev–Trinajstić information content (AvgIpc) is 3.04. The highest BCUT2D eigenvalue weighted by Crippen LogP contribution is 2.35. The lowest BCUT2D eigenvalue weighted by atomic mass is 10.1. The van der Waals surface area contributed by atoms with Crippen LogP contribution in [0.25, 0.3) is 0 Å². The second-order valence-electron chi connectivity index (χ2n) is 5.26. The highest BCUT2D eigenvalue weighted by Gasteiger charge is 2.20. The topological polar surface area (TPSA) is 34.1 Å². The maximum Gasteiger partial charge on any atom is 0.0959 e. The number of nitrogens with zero attached hydrogens (tertiary/aromatic N) is 1. The number of hydrogen-bond acceptors (Lipinski definition) is 4. The van der Waals surface area contributed by atoms with E-state index in [-0.39, 0.29) is 6.10 Å². The Balaban J connectivity index is 1.83. The van der Waals surface area contributed by atoms with Crippen LogP contribution in [0.2, 0.25) is 0 Å². The van der Waals surface area contributed by atoms with Crippen LogP contribution in [0.5, 0.6) is 0 Å². The molecule has 4 heteroatoms. The first-order chi connectivity index (χ1) is 8.70. The first kappa shape index (κ1) is 14.0. The molecule has 0 aliphatic heterocycles. The molecule has 1 aromatic rings. The van der Waals surface area contributed by atoms with Gasteiger partial charge in [-0.15, -0.1) is 11.3 Å². The van der Waals surface area contributed by atoms with Crippen LogP contribution in [-0.2, 0) is 11.3 Å². The minimum atomic E-state index is 0.243. The molecule has 1 aliphatic rings. The maximum atomic E-state index is 5.31. The third-order valence-electron chi connectivity index (χ3n) is 3.95. The predicted octanol–water partition coefficient (Wildman–Crippen LogP) is 3.31. The second-order valence-corrected chi connectivity index (χ2v) is 6.40. The summed E-state index contributed by atoms with van der Waals surface area (Å²) in [4.78, 5) is 5.93. The Kier molecular flexibility index (Phi) is 5.15. The molecule has 0 saturated heterocycles. The van der Waals surface area contributed by atoms with E-state index in [2.05, 4.69) is 24.1 Å². The molecule has 1 saturated carbocycles. The first-order valence-corrected chi connectivity index (χ1v) is 7.73. The fourth-order valence-corrected chi connectivity index (χ4v) is 3.43. The molecule has 1 N–H and O–H groups in total. The Morgan fingerprint density at radius 3 is 2.83 bits per heavy atom. The zero-order chi connectivity index (χ0) is 13.0. The van der Waals surface area contributed by atoms with Gasteiger partial charge in [0.05, 0.1) is 11.1 Å². The molecule has 102 valence electrons. The maximum absolute atomic E-state index is 5.31. The van der Waals surface area contributed by atoms with Crippen LogP contribution in [0.4, 0.5) is 0 Å². The number of thiazole rings is 1. The number of rotatable bonds is 6. The second kappa shape index (κ2) is 6.64. The summed E-state index contributed by atoms with van der Waals surface area (Å²) in [5, 5.41) is 4.84. The molecule has 0 unspecified atom stereocenters. The molecule has 0 bridgehead atoms. The summed E-state index contributed by atoms with van der Waals surface area (Å²) in [5.74, 6) is 0.735. The van der Waals surface area contributed by atoms with Gasteiger partial charge in [-0.2, -0.15) is 0 Å². The predicted molar refractivity (Wildman–Crippen MR) is 76.1 cm³/mol. The lowest BCUT2D eigenvalue weighted by Gasteiger charge is -2.19. The molecule has 3 nitrogen and oxygen atoms in total. The lowest BCUT2D eigenvalue weighted by Crippen LogP contribution is -2.35. The molecule has 1 aromatic heterocycles. The van der Waals surface area contributed by atoms with Crippen molar-refractivity contribution in [3.05, 3.63) is 16.1 Å². The number of hydrogen-bond donors (Lipinski definition) is 1. The highest BCUT2D eigenvalue weighted by molar-refractivity contribution is 7.11. The van der Waals surface area contributed by atoms with Crippen molar-refractivity contribution in [3.8, 4) is 0 Å². The van der Waals surface area contributed by atoms with E-state index in [0.29, 0.717) is 6.04 Å². The first-order valence-electron chi connectivity index (χ1n) is 6.91. The van der Waals surface area contributed by atoms with Crippen LogP contribution in [0.1, 0.15) is 55.3 Å². The van der Waals surface area contributed by atoms with Crippen molar-refractivity contribution in [2.45, 2.75) is 64.1 Å². The van der Waals surface area contributed by atoms with Crippen LogP contribution in [0, 0.1) is 0 Å². The normalized spacial score (nSPS) is 20.2. The van der Waals surface area contributed by atoms with Crippen LogP contribution in [0.3, 0.4) is 0 Å². The monoisotopic (exact) mass is 268 g/mol. The van der Waals surface area contributed by atoms with Gasteiger partial charge in [0.1, 0.15) is 0 Å². The molecule has 1 aliphatic carbocycles. The van der Waals surface area contributed by atoms with E-state index in [1.54, 1.807) is 7.11 Å². The molecule has 1 heterocycles. The van der Waals surface area contributed by atoms with Gasteiger partial charge in [0, 0.05) is 36.7 Å². The lowest BCUT2D eigenvalue weighted by molar-refractivity contribution is 0.0883. The average molecular weight is 268 g/mol. The molecule has 18 heavy (non-hydrogen) atoms. The molecule has 2 rings (SSSR count). The SMILES string of the molecule is CO[C@@H](C)[C@H](C)NCc1cnc(C2CCCC2)s1. The van der Waals surface area contributed by atoms with E-state index < -0.39 is 0 Å². The highest BCUT2D eigenvalue weighted by atomic mass is 32.1. The smallest absolute Gasteiger partial charge is 0.0959 e. The van der Waals surface area contributed by atoms with Crippen molar-refractivity contribution >= 4 is 11.3 Å². The number of ether oxygens (including phenoxy) is 1. The van der Waals surface area contributed by atoms with Gasteiger partial charge in [-0.05, 0) is 26.7 Å². The zero-order valence-electron chi connectivity index (χ0n) is 11.6. The van der Waals surface area contributed by atoms with Gasteiger partial charge in [0.15, 0.2) is 0 Å². The van der Waals surface area contributed by atoms with Crippen LogP contribution >= 0.6 is 11.3 Å². The van der Waals surface area contributed by atoms with Crippen molar-refractivity contribution < 1.29 is 4.74 Å². The summed E-state index contributed by atoms with van der Waals surface area (Å²) in [6.45, 7) is 5.15. The standard InChI is InChI=1S/C14H24N2OS/c1-10(11(2)17-3)15-8-13-9-16-14(18-13)12-6-4-5-7-12/h9-12,15H,4-8H2,1-3H3/t10-,11-/m0/s1. The summed E-state index contributed by atoms with van der Waals surface area (Å²) in [6, 6.07) is 0.368. The van der Waals surface area contributed by atoms with Crippen molar-refractivity contribution in [2.75, 3.05) is 7.11 Å². The third-order valence-corrected chi connectivity index (χ3v) is 5.11. The summed E-state index contributed by atoms with van der Waals surface area (Å²) >= 11 is 1.88. The number of aromatic nitrogens is 1. The summed E-state index contributed by atoms with van der Waals surface area (Å²) in [5.41, 5.74) is 0. The summed E-state index contributed by atoms with van der Waals surface area (Å²) in [7, 11) is 1.76. The molecule has 0 amide bonds. The van der Waals surface area contributed by atoms with Crippen LogP contribution in [0.15, 0.2) is 6.20 Å². The van der Waals surface area contributed by atoms with E-state index in [0.717, 1.165) is 12.5 Å². The van der Waals surface area contributed by atoms with Crippen LogP contribution in [-0.4, -0.2) is 24.2 Å². The molecule has 1 fully saturated rings. The Morgan fingerprint density at radius 2 is 2.17 bits per heavy atom. The van der Waals surface area contributed by atoms with Gasteiger partial charge in [0.2, 0.25) is 0 Å². The molecule has 0 aromatic carbocycles. The Hall–Kier alpha value is -0.450. The summed E-state index contributed by atoms with van der Waals surface area (Å²) < 4.78 is 5.31. The van der Waals surface area contributed by atoms with E-state index in [1.165, 1.54) is 35.6 Å². The van der Waals surface area contributed by atoms with Gasteiger partial charge in [0.25, 0.3) is 0 Å². The number of methoxy groups -OCH3 is 1. The fraction of sp³-hybridized carbons (Fsp3) is 0.786. The molecule has 0 spiro atoms. The van der Waals surface area contributed by atoms with Gasteiger partial charge in [-0.1, -0.05) is 12.8 Å². The van der Waals surface area contributed by atoms with Gasteiger partial charge in [-0.3, -0.25) is 0 Å². The largest absolute Gasteiger partial charge is 0.380 e. The number of nitrogens with one attached hydrogen (secondary N) is 1. The van der Waals surface area contributed by atoms with Crippen molar-refractivity contribution in [3.63, 3.8) is 0 Å². The quantitative estimate of drug-likeness (QED) is 0.859. The Labute approximate surface area is 114 Å². The van der Waals surface area contributed by atoms with Crippen molar-refractivity contribution in [1.82, 2.24) is 10.3 Å². The molecular formula is C14H24N2OS. The van der Waals surface area contributed by atoms with E-state index in [4.69, 9.17) is 4.74 Å². The van der Waals surface area contributed by atoms with E-state index >= 15 is 0 Å². The minimum absolute atomic E-state index is 0.243. The van der Waals surface area contributed by atoms with Crippen molar-refractivity contribution in [1.29, 1.82) is 0 Å². The third kappa shape index (κ3) is 3.53. The van der Waals surface area contributed by atoms with Gasteiger partial charge in [-0.25, -0.2) is 4.98 Å². The zero-order valence-corrected chi connectivity index (χ0v) is 12.4. The van der Waals surface area contributed by atoms with Gasteiger partial charge >= 0.3 is 0 Å². The Bertz CT molecular complexity index is 360. The minimum Gasteiger partial charge on any atom is -0.380 e. The molecule has 2 atom stereocenters. The van der Waals surface area contributed by atoms with E-state index in [1.807, 2.05) is 17.5 Å². The van der Waals surface area contributed by atoms with E-state index in [9.17, 15) is 0 Å². The fourth-order valence-electron chi connectivity index (χ4n) is 2.40. The summed E-state index contributed by atoms with van der Waals surface area (Å²) in [6.07, 6.45) is 7.69. The van der Waals surface area contributed by atoms with Crippen LogP contribution < -0.4 is 5.32 Å². The molecule has 0 radical (unpaired) electrons.